The molecule has 1 N–H and O–H groups in total. The van der Waals surface area contributed by atoms with E-state index in [1.54, 1.807) is 13.3 Å². The molecule has 0 saturated carbocycles. The third-order valence-corrected chi connectivity index (χ3v) is 5.51. The predicted molar refractivity (Wildman–Crippen MR) is 132 cm³/mol. The summed E-state index contributed by atoms with van der Waals surface area (Å²) in [6.07, 6.45) is 6.35. The van der Waals surface area contributed by atoms with Crippen LogP contribution in [0.5, 0.6) is 11.5 Å². The summed E-state index contributed by atoms with van der Waals surface area (Å²) in [4.78, 5) is 4.64. The molecular formula is C25H30N6O2. The van der Waals surface area contributed by atoms with Crippen LogP contribution in [0.3, 0.4) is 0 Å². The predicted octanol–water partition coefficient (Wildman–Crippen LogP) is 5.41. The third kappa shape index (κ3) is 5.05. The molecule has 2 heterocycles. The number of benzene rings is 2. The highest BCUT2D eigenvalue weighted by molar-refractivity contribution is 6.04. The van der Waals surface area contributed by atoms with Crippen molar-refractivity contribution >= 4 is 34.2 Å². The molecule has 2 aromatic heterocycles. The SMILES string of the molecule is CCCCCCOc1ccc(/C=N/Nc2nnc3c4ccccc4n(CC)c3n2)cc1OC. The molecule has 0 radical (unpaired) electrons. The minimum atomic E-state index is 0.343. The topological polar surface area (TPSA) is 86.5 Å². The average Bonchev–Trinajstić information content (AvgIpc) is 3.17. The molecule has 8 heteroatoms. The van der Waals surface area contributed by atoms with Gasteiger partial charge in [0.15, 0.2) is 17.1 Å². The number of hydrazone groups is 1. The minimum Gasteiger partial charge on any atom is -0.493 e. The van der Waals surface area contributed by atoms with Gasteiger partial charge in [-0.25, -0.2) is 5.43 Å². The Morgan fingerprint density at radius 3 is 2.73 bits per heavy atom. The molecule has 0 spiro atoms. The van der Waals surface area contributed by atoms with Gasteiger partial charge in [-0.15, -0.1) is 10.2 Å². The number of fused-ring (bicyclic) bond motifs is 3. The fraction of sp³-hybridized carbons (Fsp3) is 0.360. The lowest BCUT2D eigenvalue weighted by molar-refractivity contribution is 0.285. The number of anilines is 1. The van der Waals surface area contributed by atoms with Crippen LogP contribution in [0.2, 0.25) is 0 Å². The van der Waals surface area contributed by atoms with Crippen molar-refractivity contribution in [2.45, 2.75) is 46.1 Å². The second-order valence-electron chi connectivity index (χ2n) is 7.76. The minimum absolute atomic E-state index is 0.343. The maximum absolute atomic E-state index is 5.88. The zero-order valence-electron chi connectivity index (χ0n) is 19.4. The number of aryl methyl sites for hydroxylation is 1. The summed E-state index contributed by atoms with van der Waals surface area (Å²) >= 11 is 0. The van der Waals surface area contributed by atoms with E-state index in [1.807, 2.05) is 36.4 Å². The fourth-order valence-electron chi connectivity index (χ4n) is 3.83. The number of aromatic nitrogens is 4. The van der Waals surface area contributed by atoms with Crippen LogP contribution in [0, 0.1) is 0 Å². The van der Waals surface area contributed by atoms with Gasteiger partial charge in [0.2, 0.25) is 0 Å². The number of ether oxygens (including phenoxy) is 2. The first-order chi connectivity index (χ1) is 16.2. The number of para-hydroxylation sites is 1. The van der Waals surface area contributed by atoms with Crippen molar-refractivity contribution < 1.29 is 9.47 Å². The number of nitrogens with zero attached hydrogens (tertiary/aromatic N) is 5. The number of unbranched alkanes of at least 4 members (excludes halogenated alkanes) is 3. The number of rotatable bonds is 11. The maximum atomic E-state index is 5.88. The lowest BCUT2D eigenvalue weighted by Crippen LogP contribution is -2.02. The number of hydrogen-bond donors (Lipinski definition) is 1. The summed E-state index contributed by atoms with van der Waals surface area (Å²) in [5, 5.41) is 13.9. The summed E-state index contributed by atoms with van der Waals surface area (Å²) in [5.74, 6) is 1.76. The molecule has 0 saturated heterocycles. The van der Waals surface area contributed by atoms with Crippen molar-refractivity contribution in [1.29, 1.82) is 0 Å². The molecule has 0 aliphatic carbocycles. The van der Waals surface area contributed by atoms with E-state index in [1.165, 1.54) is 19.3 Å². The van der Waals surface area contributed by atoms with Crippen LogP contribution >= 0.6 is 0 Å². The molecule has 0 bridgehead atoms. The van der Waals surface area contributed by atoms with E-state index in [9.17, 15) is 0 Å². The summed E-state index contributed by atoms with van der Waals surface area (Å²) in [5.41, 5.74) is 6.43. The molecule has 172 valence electrons. The van der Waals surface area contributed by atoms with Gasteiger partial charge >= 0.3 is 0 Å². The standard InChI is InChI=1S/C25H30N6O2/c1-4-6-7-10-15-33-21-14-13-18(16-22(21)32-3)17-26-29-25-27-24-23(28-30-25)19-11-8-9-12-20(19)31(24)5-2/h8-9,11-14,16-17H,4-7,10,15H2,1-3H3,(H,27,29,30)/b26-17+. The van der Waals surface area contributed by atoms with Crippen molar-refractivity contribution in [2.24, 2.45) is 5.10 Å². The Morgan fingerprint density at radius 2 is 1.91 bits per heavy atom. The lowest BCUT2D eigenvalue weighted by atomic mass is 10.2. The van der Waals surface area contributed by atoms with Gasteiger partial charge in [-0.05, 0) is 43.2 Å². The Hall–Kier alpha value is -3.68. The van der Waals surface area contributed by atoms with E-state index in [2.05, 4.69) is 50.2 Å². The van der Waals surface area contributed by atoms with Gasteiger partial charge in [-0.2, -0.15) is 10.1 Å². The molecule has 0 fully saturated rings. The van der Waals surface area contributed by atoms with Gasteiger partial charge in [0.1, 0.15) is 5.52 Å². The van der Waals surface area contributed by atoms with Crippen LogP contribution in [0.15, 0.2) is 47.6 Å². The molecule has 0 unspecified atom stereocenters. The van der Waals surface area contributed by atoms with E-state index >= 15 is 0 Å². The molecule has 2 aromatic carbocycles. The Bertz CT molecular complexity index is 1250. The van der Waals surface area contributed by atoms with Crippen LogP contribution in [0.25, 0.3) is 22.1 Å². The average molecular weight is 447 g/mol. The molecule has 0 aliphatic rings. The highest BCUT2D eigenvalue weighted by Crippen LogP contribution is 2.28. The molecule has 8 nitrogen and oxygen atoms in total. The summed E-state index contributed by atoms with van der Waals surface area (Å²) in [7, 11) is 1.64. The van der Waals surface area contributed by atoms with Crippen molar-refractivity contribution in [3.63, 3.8) is 0 Å². The van der Waals surface area contributed by atoms with Crippen LogP contribution in [0.1, 0.15) is 45.1 Å². The molecule has 4 rings (SSSR count). The van der Waals surface area contributed by atoms with Gasteiger partial charge in [-0.1, -0.05) is 44.4 Å². The third-order valence-electron chi connectivity index (χ3n) is 5.51. The molecule has 33 heavy (non-hydrogen) atoms. The second kappa shape index (κ2) is 10.8. The van der Waals surface area contributed by atoms with Crippen molar-refractivity contribution in [3.8, 4) is 11.5 Å². The van der Waals surface area contributed by atoms with Crippen LogP contribution < -0.4 is 14.9 Å². The molecule has 0 amide bonds. The maximum Gasteiger partial charge on any atom is 0.265 e. The summed E-state index contributed by atoms with van der Waals surface area (Å²) in [6, 6.07) is 13.9. The monoisotopic (exact) mass is 446 g/mol. The van der Waals surface area contributed by atoms with E-state index < -0.39 is 0 Å². The van der Waals surface area contributed by atoms with Gasteiger partial charge in [-0.3, -0.25) is 0 Å². The Balaban J connectivity index is 1.45. The molecule has 4 aromatic rings. The van der Waals surface area contributed by atoms with Crippen LogP contribution in [-0.2, 0) is 6.54 Å². The van der Waals surface area contributed by atoms with E-state index in [0.717, 1.165) is 46.3 Å². The largest absolute Gasteiger partial charge is 0.493 e. The zero-order chi connectivity index (χ0) is 23.0. The summed E-state index contributed by atoms with van der Waals surface area (Å²) < 4.78 is 13.5. The van der Waals surface area contributed by atoms with E-state index in [4.69, 9.17) is 9.47 Å². The van der Waals surface area contributed by atoms with E-state index in [0.29, 0.717) is 18.3 Å². The Kier molecular flexibility index (Phi) is 7.34. The van der Waals surface area contributed by atoms with Crippen LogP contribution in [0.4, 0.5) is 5.95 Å². The number of nitrogens with one attached hydrogen (secondary N) is 1. The molecular weight excluding hydrogens is 416 g/mol. The van der Waals surface area contributed by atoms with Crippen molar-refractivity contribution in [1.82, 2.24) is 19.7 Å². The first-order valence-corrected chi connectivity index (χ1v) is 11.5. The Labute approximate surface area is 193 Å². The first-order valence-electron chi connectivity index (χ1n) is 11.5. The smallest absolute Gasteiger partial charge is 0.265 e. The highest BCUT2D eigenvalue weighted by Gasteiger charge is 2.13. The normalized spacial score (nSPS) is 11.5. The quantitative estimate of drug-likeness (QED) is 0.188. The van der Waals surface area contributed by atoms with E-state index in [-0.39, 0.29) is 0 Å². The zero-order valence-corrected chi connectivity index (χ0v) is 19.4. The fourth-order valence-corrected chi connectivity index (χ4v) is 3.83. The van der Waals surface area contributed by atoms with Crippen molar-refractivity contribution in [3.05, 3.63) is 48.0 Å². The highest BCUT2D eigenvalue weighted by atomic mass is 16.5. The number of hydrogen-bond acceptors (Lipinski definition) is 7. The van der Waals surface area contributed by atoms with Crippen molar-refractivity contribution in [2.75, 3.05) is 19.1 Å². The number of methoxy groups -OCH3 is 1. The Morgan fingerprint density at radius 1 is 1.03 bits per heavy atom. The molecule has 0 aliphatic heterocycles. The first kappa shape index (κ1) is 22.5. The van der Waals surface area contributed by atoms with Crippen LogP contribution in [-0.4, -0.2) is 39.7 Å². The van der Waals surface area contributed by atoms with Gasteiger partial charge in [0, 0.05) is 11.9 Å². The lowest BCUT2D eigenvalue weighted by Gasteiger charge is -2.11. The van der Waals surface area contributed by atoms with Gasteiger partial charge in [0.05, 0.1) is 25.4 Å². The van der Waals surface area contributed by atoms with Gasteiger partial charge < -0.3 is 14.0 Å². The summed E-state index contributed by atoms with van der Waals surface area (Å²) in [6.45, 7) is 5.76. The van der Waals surface area contributed by atoms with Gasteiger partial charge in [0.25, 0.3) is 5.95 Å². The molecule has 0 atom stereocenters. The second-order valence-corrected chi connectivity index (χ2v) is 7.76.